The van der Waals surface area contributed by atoms with Crippen molar-refractivity contribution in [3.63, 3.8) is 0 Å². The molecule has 4 N–H and O–H groups in total. The number of likely N-dealkylation sites (N-methyl/N-ethyl adjacent to an activating group) is 2. The number of nitrogens with one attached hydrogen (secondary N) is 2. The maximum atomic E-state index is 11.4. The molecule has 1 aromatic heterocycles. The summed E-state index contributed by atoms with van der Waals surface area (Å²) in [6.45, 7) is 5.76. The molecule has 1 fully saturated rings. The van der Waals surface area contributed by atoms with Crippen LogP contribution >= 0.6 is 11.9 Å². The Balaban J connectivity index is 0.986. The molecule has 0 radical (unpaired) electrons. The first-order chi connectivity index (χ1) is 20.5. The Labute approximate surface area is 254 Å². The number of alkyl carbamates (subject to hydrolysis) is 1. The molecule has 226 valence electrons. The number of rotatable bonds is 16. The van der Waals surface area contributed by atoms with Gasteiger partial charge < -0.3 is 29.6 Å². The fourth-order valence-corrected chi connectivity index (χ4v) is 6.22. The zero-order valence-corrected chi connectivity index (χ0v) is 25.8. The van der Waals surface area contributed by atoms with Crippen LogP contribution < -0.4 is 10.5 Å². The Hall–Kier alpha value is -2.82. The number of benzene rings is 2. The van der Waals surface area contributed by atoms with Gasteiger partial charge in [0.05, 0.1) is 19.3 Å². The molecule has 1 atom stereocenters. The van der Waals surface area contributed by atoms with Crippen molar-refractivity contribution < 1.29 is 14.3 Å². The number of amides is 1. The van der Waals surface area contributed by atoms with Crippen molar-refractivity contribution in [3.8, 4) is 0 Å². The molecule has 5 rings (SSSR count). The molecule has 0 bridgehead atoms. The number of H-pyrrole nitrogens is 1. The standard InChI is InChI=1S/C33H45N5O3S/c1-37(12-10-27-5-3-4-26-8-6-24(19-30(26)27)18-29-22-41-33(39)36-29)14-16-40-17-15-38(2)13-11-28-21-35-32-9-7-25(23-42-34)20-31(28)32/h5-9,19-21,29,35H,3-4,10-18,22-23,34H2,1-2H3,(H,36,39)/t29-/m0/s1. The Morgan fingerprint density at radius 3 is 2.57 bits per heavy atom. The number of hydrogen-bond acceptors (Lipinski definition) is 7. The highest BCUT2D eigenvalue weighted by molar-refractivity contribution is 7.96. The third-order valence-corrected chi connectivity index (χ3v) is 8.89. The summed E-state index contributed by atoms with van der Waals surface area (Å²) < 4.78 is 11.1. The monoisotopic (exact) mass is 591 g/mol. The molecule has 0 spiro atoms. The van der Waals surface area contributed by atoms with Crippen molar-refractivity contribution in [1.82, 2.24) is 20.1 Å². The summed E-state index contributed by atoms with van der Waals surface area (Å²) in [7, 11) is 4.34. The first kappa shape index (κ1) is 30.6. The van der Waals surface area contributed by atoms with E-state index >= 15 is 0 Å². The number of aromatic amines is 1. The van der Waals surface area contributed by atoms with E-state index in [1.54, 1.807) is 0 Å². The maximum absolute atomic E-state index is 11.4. The summed E-state index contributed by atoms with van der Waals surface area (Å²) in [6, 6.07) is 13.4. The first-order valence-corrected chi connectivity index (χ1v) is 16.1. The van der Waals surface area contributed by atoms with Crippen LogP contribution in [0.1, 0.15) is 40.7 Å². The van der Waals surface area contributed by atoms with Crippen molar-refractivity contribution in [2.45, 2.75) is 43.9 Å². The molecule has 2 aromatic carbocycles. The lowest BCUT2D eigenvalue weighted by atomic mass is 9.87. The number of carbonyl (C=O) groups excluding carboxylic acids is 1. The normalized spacial score (nSPS) is 16.6. The van der Waals surface area contributed by atoms with E-state index < -0.39 is 0 Å². The van der Waals surface area contributed by atoms with E-state index in [1.165, 1.54) is 56.2 Å². The van der Waals surface area contributed by atoms with Gasteiger partial charge in [0.25, 0.3) is 0 Å². The summed E-state index contributed by atoms with van der Waals surface area (Å²) >= 11 is 1.37. The van der Waals surface area contributed by atoms with Gasteiger partial charge in [-0.3, -0.25) is 5.14 Å². The van der Waals surface area contributed by atoms with Crippen LogP contribution in [0.4, 0.5) is 4.79 Å². The van der Waals surface area contributed by atoms with Gasteiger partial charge in [0, 0.05) is 49.0 Å². The van der Waals surface area contributed by atoms with Crippen LogP contribution in [0.15, 0.2) is 48.7 Å². The molecule has 0 saturated carbocycles. The van der Waals surface area contributed by atoms with Gasteiger partial charge in [0.1, 0.15) is 6.61 Å². The highest BCUT2D eigenvalue weighted by atomic mass is 32.2. The molecule has 0 unspecified atom stereocenters. The van der Waals surface area contributed by atoms with Crippen LogP contribution in [-0.4, -0.2) is 87.0 Å². The van der Waals surface area contributed by atoms with Crippen LogP contribution in [0.3, 0.4) is 0 Å². The van der Waals surface area contributed by atoms with Gasteiger partial charge in [-0.2, -0.15) is 0 Å². The Morgan fingerprint density at radius 1 is 1.02 bits per heavy atom. The van der Waals surface area contributed by atoms with Gasteiger partial charge >= 0.3 is 6.09 Å². The Kier molecular flexibility index (Phi) is 11.0. The number of cyclic esters (lactones) is 1. The quantitative estimate of drug-likeness (QED) is 0.163. The van der Waals surface area contributed by atoms with E-state index in [4.69, 9.17) is 14.6 Å². The topological polar surface area (TPSA) is 95.8 Å². The number of allylic oxidation sites excluding steroid dienone is 1. The van der Waals surface area contributed by atoms with E-state index in [-0.39, 0.29) is 12.1 Å². The largest absolute Gasteiger partial charge is 0.447 e. The van der Waals surface area contributed by atoms with E-state index in [9.17, 15) is 4.79 Å². The molecular weight excluding hydrogens is 546 g/mol. The zero-order valence-electron chi connectivity index (χ0n) is 25.0. The molecule has 8 nitrogen and oxygen atoms in total. The van der Waals surface area contributed by atoms with Gasteiger partial charge in [-0.25, -0.2) is 4.79 Å². The van der Waals surface area contributed by atoms with Crippen LogP contribution in [-0.2, 0) is 34.5 Å². The molecule has 1 amide bonds. The summed E-state index contributed by atoms with van der Waals surface area (Å²) in [5.74, 6) is 0.833. The summed E-state index contributed by atoms with van der Waals surface area (Å²) in [5, 5.41) is 9.86. The second kappa shape index (κ2) is 15.1. The average Bonchev–Trinajstić information content (AvgIpc) is 3.59. The van der Waals surface area contributed by atoms with Gasteiger partial charge in [0.15, 0.2) is 0 Å². The Morgan fingerprint density at radius 2 is 1.81 bits per heavy atom. The van der Waals surface area contributed by atoms with Gasteiger partial charge in [0.2, 0.25) is 0 Å². The highest BCUT2D eigenvalue weighted by Gasteiger charge is 2.23. The van der Waals surface area contributed by atoms with Crippen LogP contribution in [0, 0.1) is 0 Å². The summed E-state index contributed by atoms with van der Waals surface area (Å²) in [4.78, 5) is 19.5. The third-order valence-electron chi connectivity index (χ3n) is 8.39. The average molecular weight is 592 g/mol. The molecule has 1 aliphatic heterocycles. The SMILES string of the molecule is CN(CCOCCN(C)CCc1c[nH]c2ccc(CSN)cc12)CCC1=CCCc2ccc(C[C@H]3COC(=O)N3)cc21. The maximum Gasteiger partial charge on any atom is 0.407 e. The summed E-state index contributed by atoms with van der Waals surface area (Å²) in [5.41, 5.74) is 9.29. The smallest absolute Gasteiger partial charge is 0.407 e. The molecule has 42 heavy (non-hydrogen) atoms. The van der Waals surface area contributed by atoms with Crippen molar-refractivity contribution in [3.05, 3.63) is 76.5 Å². The minimum atomic E-state index is -0.309. The lowest BCUT2D eigenvalue weighted by molar-refractivity contribution is 0.0949. The minimum Gasteiger partial charge on any atom is -0.447 e. The van der Waals surface area contributed by atoms with Crippen LogP contribution in [0.2, 0.25) is 0 Å². The number of aryl methyl sites for hydroxylation is 1. The molecule has 1 saturated heterocycles. The van der Waals surface area contributed by atoms with E-state index in [1.807, 2.05) is 0 Å². The minimum absolute atomic E-state index is 0.0615. The fraction of sp³-hybridized carbons (Fsp3) is 0.485. The first-order valence-electron chi connectivity index (χ1n) is 15.1. The predicted molar refractivity (Wildman–Crippen MR) is 173 cm³/mol. The molecule has 2 heterocycles. The second-order valence-electron chi connectivity index (χ2n) is 11.6. The number of nitrogens with two attached hydrogens (primary N) is 1. The van der Waals surface area contributed by atoms with Gasteiger partial charge in [-0.1, -0.05) is 42.3 Å². The van der Waals surface area contributed by atoms with Crippen LogP contribution in [0.25, 0.3) is 16.5 Å². The van der Waals surface area contributed by atoms with Crippen LogP contribution in [0.5, 0.6) is 0 Å². The van der Waals surface area contributed by atoms with Gasteiger partial charge in [-0.15, -0.1) is 0 Å². The molecule has 2 aliphatic rings. The van der Waals surface area contributed by atoms with E-state index in [0.717, 1.165) is 77.2 Å². The van der Waals surface area contributed by atoms with E-state index in [2.05, 4.69) is 82.9 Å². The van der Waals surface area contributed by atoms with Crippen molar-refractivity contribution in [2.24, 2.45) is 5.14 Å². The lowest BCUT2D eigenvalue weighted by Gasteiger charge is -2.23. The van der Waals surface area contributed by atoms with Crippen molar-refractivity contribution in [1.29, 1.82) is 0 Å². The third kappa shape index (κ3) is 8.39. The molecule has 3 aromatic rings. The Bertz CT molecular complexity index is 1370. The van der Waals surface area contributed by atoms with Gasteiger partial charge in [-0.05, 0) is 91.7 Å². The number of hydrogen-bond donors (Lipinski definition) is 3. The predicted octanol–water partition coefficient (Wildman–Crippen LogP) is 4.77. The molecule has 9 heteroatoms. The second-order valence-corrected chi connectivity index (χ2v) is 12.2. The molecule has 1 aliphatic carbocycles. The number of nitrogens with zero attached hydrogens (tertiary/aromatic N) is 2. The van der Waals surface area contributed by atoms with E-state index in [0.29, 0.717) is 6.61 Å². The highest BCUT2D eigenvalue weighted by Crippen LogP contribution is 2.30. The number of carbonyl (C=O) groups is 1. The van der Waals surface area contributed by atoms with Crippen molar-refractivity contribution >= 4 is 34.5 Å². The molecular formula is C33H45N5O3S. The fourth-order valence-electron chi connectivity index (χ4n) is 5.84. The summed E-state index contributed by atoms with van der Waals surface area (Å²) in [6.07, 6.45) is 9.26. The number of ether oxygens (including phenoxy) is 2. The number of aromatic nitrogens is 1. The lowest BCUT2D eigenvalue weighted by Crippen LogP contribution is -2.28. The van der Waals surface area contributed by atoms with Crippen molar-refractivity contribution in [2.75, 3.05) is 60.1 Å². The zero-order chi connectivity index (χ0) is 29.3. The number of fused-ring (bicyclic) bond motifs is 2.